The summed E-state index contributed by atoms with van der Waals surface area (Å²) in [5.41, 5.74) is 2.11. The first-order valence-corrected chi connectivity index (χ1v) is 6.38. The van der Waals surface area contributed by atoms with Gasteiger partial charge in [-0.3, -0.25) is 0 Å². The number of nitrogen functional groups attached to an aromatic ring is 1. The van der Waals surface area contributed by atoms with Gasteiger partial charge in [-0.05, 0) is 25.9 Å². The molecule has 0 amide bonds. The molecule has 0 aromatic carbocycles. The van der Waals surface area contributed by atoms with Crippen LogP contribution in [0, 0.1) is 0 Å². The minimum atomic E-state index is -4.60. The summed E-state index contributed by atoms with van der Waals surface area (Å²) < 4.78 is 37.9. The maximum Gasteiger partial charge on any atom is 0.451 e. The highest BCUT2D eigenvalue weighted by Crippen LogP contribution is 2.28. The van der Waals surface area contributed by atoms with Crippen molar-refractivity contribution < 1.29 is 13.2 Å². The molecule has 0 bridgehead atoms. The van der Waals surface area contributed by atoms with Crippen LogP contribution in [0.25, 0.3) is 0 Å². The molecule has 0 spiro atoms. The molecule has 1 aliphatic heterocycles. The summed E-state index contributed by atoms with van der Waals surface area (Å²) in [4.78, 5) is 8.99. The lowest BCUT2D eigenvalue weighted by atomic mass is 10.4. The number of anilines is 2. The van der Waals surface area contributed by atoms with E-state index in [1.165, 1.54) is 18.9 Å². The largest absolute Gasteiger partial charge is 0.451 e. The maximum atomic E-state index is 12.6. The second-order valence-corrected chi connectivity index (χ2v) is 4.58. The molecule has 9 heteroatoms. The number of nitrogens with one attached hydrogen (secondary N) is 2. The van der Waals surface area contributed by atoms with E-state index < -0.39 is 12.0 Å². The molecule has 0 radical (unpaired) electrons. The predicted octanol–water partition coefficient (Wildman–Crippen LogP) is 1.29. The van der Waals surface area contributed by atoms with Gasteiger partial charge in [-0.1, -0.05) is 0 Å². The Hall–Kier alpha value is -1.61. The van der Waals surface area contributed by atoms with Crippen LogP contribution >= 0.6 is 0 Å². The van der Waals surface area contributed by atoms with E-state index in [2.05, 4.69) is 25.6 Å². The Kier molecular flexibility index (Phi) is 4.61. The minimum Gasteiger partial charge on any atom is -0.369 e. The summed E-state index contributed by atoms with van der Waals surface area (Å²) in [6.45, 7) is 3.37. The normalized spacial score (nSPS) is 16.4. The van der Waals surface area contributed by atoms with Crippen LogP contribution in [-0.2, 0) is 6.18 Å². The van der Waals surface area contributed by atoms with E-state index in [1.54, 1.807) is 0 Å². The third kappa shape index (κ3) is 3.94. The first kappa shape index (κ1) is 14.8. The Morgan fingerprint density at radius 2 is 1.85 bits per heavy atom. The van der Waals surface area contributed by atoms with Crippen molar-refractivity contribution in [2.75, 3.05) is 36.9 Å². The molecule has 2 rings (SSSR count). The van der Waals surface area contributed by atoms with Crippen LogP contribution in [0.1, 0.15) is 18.7 Å². The molecule has 20 heavy (non-hydrogen) atoms. The molecule has 0 unspecified atom stereocenters. The van der Waals surface area contributed by atoms with E-state index in [1.807, 2.05) is 0 Å². The van der Waals surface area contributed by atoms with Crippen LogP contribution in [0.2, 0.25) is 0 Å². The Balaban J connectivity index is 1.98. The summed E-state index contributed by atoms with van der Waals surface area (Å²) in [6, 6.07) is 1.35. The van der Waals surface area contributed by atoms with E-state index in [-0.39, 0.29) is 11.6 Å². The smallest absolute Gasteiger partial charge is 0.369 e. The Bertz CT molecular complexity index is 444. The van der Waals surface area contributed by atoms with Crippen LogP contribution in [-0.4, -0.2) is 41.0 Å². The number of hydrogen-bond acceptors (Lipinski definition) is 6. The van der Waals surface area contributed by atoms with E-state index in [4.69, 9.17) is 5.84 Å². The van der Waals surface area contributed by atoms with Gasteiger partial charge in [0.05, 0.1) is 0 Å². The van der Waals surface area contributed by atoms with Crippen LogP contribution in [0.4, 0.5) is 24.8 Å². The minimum absolute atomic E-state index is 0.0732. The van der Waals surface area contributed by atoms with Crippen molar-refractivity contribution in [2.45, 2.75) is 19.0 Å². The number of alkyl halides is 3. The average Bonchev–Trinajstić information content (AvgIpc) is 2.90. The van der Waals surface area contributed by atoms with Gasteiger partial charge in [0.2, 0.25) is 5.82 Å². The van der Waals surface area contributed by atoms with Gasteiger partial charge in [-0.2, -0.15) is 13.2 Å². The quantitative estimate of drug-likeness (QED) is 0.560. The van der Waals surface area contributed by atoms with Crippen LogP contribution in [0.15, 0.2) is 6.07 Å². The molecule has 0 aliphatic carbocycles. The monoisotopic (exact) mass is 290 g/mol. The number of likely N-dealkylation sites (tertiary alicyclic amines) is 1. The van der Waals surface area contributed by atoms with Gasteiger partial charge in [0.25, 0.3) is 0 Å². The van der Waals surface area contributed by atoms with Crippen molar-refractivity contribution in [3.63, 3.8) is 0 Å². The zero-order chi connectivity index (χ0) is 14.6. The molecular weight excluding hydrogens is 273 g/mol. The van der Waals surface area contributed by atoms with Crippen molar-refractivity contribution in [3.8, 4) is 0 Å². The lowest BCUT2D eigenvalue weighted by molar-refractivity contribution is -0.144. The zero-order valence-corrected chi connectivity index (χ0v) is 10.9. The molecule has 0 saturated carbocycles. The fraction of sp³-hybridized carbons (Fsp3) is 0.636. The number of nitrogens with two attached hydrogens (primary N) is 1. The summed E-state index contributed by atoms with van der Waals surface area (Å²) in [5, 5.41) is 2.87. The van der Waals surface area contributed by atoms with Gasteiger partial charge < -0.3 is 15.6 Å². The highest BCUT2D eigenvalue weighted by atomic mass is 19.4. The highest BCUT2D eigenvalue weighted by Gasteiger charge is 2.35. The van der Waals surface area contributed by atoms with E-state index in [0.717, 1.165) is 19.6 Å². The number of hydrogen-bond donors (Lipinski definition) is 3. The SMILES string of the molecule is NNc1cc(NCCN2CCCC2)nc(C(F)(F)F)n1. The molecule has 0 atom stereocenters. The fourth-order valence-electron chi connectivity index (χ4n) is 2.09. The summed E-state index contributed by atoms with van der Waals surface area (Å²) in [5.74, 6) is 3.94. The number of aromatic nitrogens is 2. The first-order valence-electron chi connectivity index (χ1n) is 6.38. The molecule has 2 heterocycles. The topological polar surface area (TPSA) is 79.1 Å². The molecule has 6 nitrogen and oxygen atoms in total. The van der Waals surface area contributed by atoms with E-state index in [0.29, 0.717) is 6.54 Å². The van der Waals surface area contributed by atoms with Crippen LogP contribution < -0.4 is 16.6 Å². The molecule has 1 aromatic rings. The van der Waals surface area contributed by atoms with Gasteiger partial charge in [0.15, 0.2) is 0 Å². The molecule has 1 aromatic heterocycles. The predicted molar refractivity (Wildman–Crippen MR) is 69.0 cm³/mol. The second-order valence-electron chi connectivity index (χ2n) is 4.58. The number of hydrazine groups is 1. The Morgan fingerprint density at radius 3 is 2.45 bits per heavy atom. The van der Waals surface area contributed by atoms with Gasteiger partial charge in [-0.25, -0.2) is 15.8 Å². The van der Waals surface area contributed by atoms with Crippen molar-refractivity contribution in [3.05, 3.63) is 11.9 Å². The van der Waals surface area contributed by atoms with Gasteiger partial charge in [0.1, 0.15) is 11.6 Å². The fourth-order valence-corrected chi connectivity index (χ4v) is 2.09. The highest BCUT2D eigenvalue weighted by molar-refractivity contribution is 5.47. The summed E-state index contributed by atoms with van der Waals surface area (Å²) in [7, 11) is 0. The van der Waals surface area contributed by atoms with Crippen molar-refractivity contribution >= 4 is 11.6 Å². The first-order chi connectivity index (χ1) is 9.49. The van der Waals surface area contributed by atoms with Gasteiger partial charge in [0, 0.05) is 19.2 Å². The summed E-state index contributed by atoms with van der Waals surface area (Å²) >= 11 is 0. The Morgan fingerprint density at radius 1 is 1.20 bits per heavy atom. The number of nitrogens with zero attached hydrogens (tertiary/aromatic N) is 3. The molecule has 1 saturated heterocycles. The molecule has 1 fully saturated rings. The average molecular weight is 290 g/mol. The van der Waals surface area contributed by atoms with Crippen LogP contribution in [0.5, 0.6) is 0 Å². The lowest BCUT2D eigenvalue weighted by Gasteiger charge is -2.16. The van der Waals surface area contributed by atoms with Gasteiger partial charge in [-0.15, -0.1) is 0 Å². The van der Waals surface area contributed by atoms with E-state index in [9.17, 15) is 13.2 Å². The Labute approximate surface area is 114 Å². The van der Waals surface area contributed by atoms with Crippen molar-refractivity contribution in [1.82, 2.24) is 14.9 Å². The summed E-state index contributed by atoms with van der Waals surface area (Å²) in [6.07, 6.45) is -2.25. The third-order valence-electron chi connectivity index (χ3n) is 3.06. The number of rotatable bonds is 5. The third-order valence-corrected chi connectivity index (χ3v) is 3.06. The molecule has 1 aliphatic rings. The van der Waals surface area contributed by atoms with E-state index >= 15 is 0 Å². The van der Waals surface area contributed by atoms with Crippen LogP contribution in [0.3, 0.4) is 0 Å². The second kappa shape index (κ2) is 6.23. The standard InChI is InChI=1S/C11H17F3N6/c12-11(13,14)10-17-8(7-9(18-10)19-15)16-3-6-20-4-1-2-5-20/h7H,1-6,15H2,(H2,16,17,18,19). The molecule has 112 valence electrons. The van der Waals surface area contributed by atoms with Crippen molar-refractivity contribution in [1.29, 1.82) is 0 Å². The lowest BCUT2D eigenvalue weighted by Crippen LogP contribution is -2.26. The number of halogens is 3. The zero-order valence-electron chi connectivity index (χ0n) is 10.9. The maximum absolute atomic E-state index is 12.6. The van der Waals surface area contributed by atoms with Gasteiger partial charge >= 0.3 is 6.18 Å². The van der Waals surface area contributed by atoms with Crippen molar-refractivity contribution in [2.24, 2.45) is 5.84 Å². The molecular formula is C11H17F3N6. The molecule has 4 N–H and O–H groups in total.